The topological polar surface area (TPSA) is 113 Å². The van der Waals surface area contributed by atoms with Crippen LogP contribution in [0.4, 0.5) is 18.0 Å². The summed E-state index contributed by atoms with van der Waals surface area (Å²) in [5.74, 6) is -2.37. The van der Waals surface area contributed by atoms with E-state index in [0.29, 0.717) is 0 Å². The molecule has 7 nitrogen and oxygen atoms in total. The normalized spacial score (nSPS) is 16.9. The quantitative estimate of drug-likeness (QED) is 0.645. The standard InChI is InChI=1S/C11H14F3N3O4/c12-11(13,14)6-1-3-17(4-2-6)10(21)16-7(9(19)20)5-8(15)18/h1,7H,2-5H2,(H2,15,18)(H,16,21)(H,19,20)/t7-/m0/s1. The van der Waals surface area contributed by atoms with Crippen LogP contribution in [0, 0.1) is 0 Å². The van der Waals surface area contributed by atoms with Crippen molar-refractivity contribution >= 4 is 17.9 Å². The number of hydrogen-bond acceptors (Lipinski definition) is 3. The largest absolute Gasteiger partial charge is 0.480 e. The number of nitrogens with zero attached hydrogens (tertiary/aromatic N) is 1. The molecule has 0 fully saturated rings. The van der Waals surface area contributed by atoms with Crippen molar-refractivity contribution in [2.45, 2.75) is 25.1 Å². The second-order valence-corrected chi connectivity index (χ2v) is 4.43. The molecule has 0 aliphatic carbocycles. The van der Waals surface area contributed by atoms with Gasteiger partial charge in [-0.15, -0.1) is 0 Å². The summed E-state index contributed by atoms with van der Waals surface area (Å²) in [6.07, 6.45) is -4.53. The molecule has 10 heteroatoms. The van der Waals surface area contributed by atoms with E-state index in [1.165, 1.54) is 0 Å². The van der Waals surface area contributed by atoms with Gasteiger partial charge in [-0.1, -0.05) is 6.08 Å². The number of alkyl halides is 3. The molecule has 1 aliphatic rings. The molecule has 0 spiro atoms. The Labute approximate surface area is 117 Å². The average Bonchev–Trinajstić information content (AvgIpc) is 2.36. The zero-order valence-corrected chi connectivity index (χ0v) is 10.8. The van der Waals surface area contributed by atoms with Crippen LogP contribution in [0.5, 0.6) is 0 Å². The summed E-state index contributed by atoms with van der Waals surface area (Å²) in [7, 11) is 0. The summed E-state index contributed by atoms with van der Waals surface area (Å²) in [6, 6.07) is -2.37. The predicted molar refractivity (Wildman–Crippen MR) is 64.1 cm³/mol. The Morgan fingerprint density at radius 1 is 1.43 bits per heavy atom. The molecule has 1 aliphatic heterocycles. The van der Waals surface area contributed by atoms with E-state index in [1.54, 1.807) is 0 Å². The fourth-order valence-electron chi connectivity index (χ4n) is 1.75. The molecule has 1 atom stereocenters. The van der Waals surface area contributed by atoms with Crippen LogP contribution in [0.1, 0.15) is 12.8 Å². The van der Waals surface area contributed by atoms with Gasteiger partial charge in [0.15, 0.2) is 0 Å². The van der Waals surface area contributed by atoms with E-state index >= 15 is 0 Å². The SMILES string of the molecule is NC(=O)C[C@H](NC(=O)N1CC=C(C(F)(F)F)CC1)C(=O)O. The van der Waals surface area contributed by atoms with E-state index in [-0.39, 0.29) is 19.5 Å². The molecular weight excluding hydrogens is 295 g/mol. The lowest BCUT2D eigenvalue weighted by Crippen LogP contribution is -2.50. The average molecular weight is 309 g/mol. The molecule has 3 amide bonds. The van der Waals surface area contributed by atoms with Crippen molar-refractivity contribution in [2.24, 2.45) is 5.73 Å². The molecule has 0 radical (unpaired) electrons. The lowest BCUT2D eigenvalue weighted by molar-refractivity contribution is -0.140. The van der Waals surface area contributed by atoms with Crippen LogP contribution in [-0.2, 0) is 9.59 Å². The number of primary amides is 1. The molecule has 0 aromatic carbocycles. The highest BCUT2D eigenvalue weighted by Crippen LogP contribution is 2.30. The number of rotatable bonds is 4. The van der Waals surface area contributed by atoms with Gasteiger partial charge >= 0.3 is 18.2 Å². The third-order valence-corrected chi connectivity index (χ3v) is 2.86. The summed E-state index contributed by atoms with van der Waals surface area (Å²) in [6.45, 7) is -0.482. The molecule has 0 bridgehead atoms. The van der Waals surface area contributed by atoms with E-state index in [4.69, 9.17) is 10.8 Å². The number of carbonyl (C=O) groups excluding carboxylic acids is 2. The number of urea groups is 1. The minimum absolute atomic E-state index is 0.194. The smallest absolute Gasteiger partial charge is 0.412 e. The van der Waals surface area contributed by atoms with Crippen LogP contribution < -0.4 is 11.1 Å². The number of carbonyl (C=O) groups is 3. The minimum Gasteiger partial charge on any atom is -0.480 e. The monoisotopic (exact) mass is 309 g/mol. The van der Waals surface area contributed by atoms with Crippen LogP contribution in [-0.4, -0.2) is 53.2 Å². The number of amides is 3. The van der Waals surface area contributed by atoms with Gasteiger partial charge in [-0.3, -0.25) is 4.79 Å². The lowest BCUT2D eigenvalue weighted by Gasteiger charge is -2.28. The summed E-state index contributed by atoms with van der Waals surface area (Å²) in [5, 5.41) is 10.9. The highest BCUT2D eigenvalue weighted by molar-refractivity contribution is 5.87. The highest BCUT2D eigenvalue weighted by atomic mass is 19.4. The van der Waals surface area contributed by atoms with Gasteiger partial charge in [0.1, 0.15) is 6.04 Å². The Morgan fingerprint density at radius 2 is 2.05 bits per heavy atom. The number of hydrogen-bond donors (Lipinski definition) is 3. The van der Waals surface area contributed by atoms with Crippen molar-refractivity contribution in [1.29, 1.82) is 0 Å². The highest BCUT2D eigenvalue weighted by Gasteiger charge is 2.36. The van der Waals surface area contributed by atoms with Crippen LogP contribution in [0.25, 0.3) is 0 Å². The van der Waals surface area contributed by atoms with E-state index in [1.807, 2.05) is 5.32 Å². The fourth-order valence-corrected chi connectivity index (χ4v) is 1.75. The second-order valence-electron chi connectivity index (χ2n) is 4.43. The van der Waals surface area contributed by atoms with Gasteiger partial charge < -0.3 is 21.1 Å². The van der Waals surface area contributed by atoms with Crippen molar-refractivity contribution in [3.63, 3.8) is 0 Å². The fraction of sp³-hybridized carbons (Fsp3) is 0.545. The maximum atomic E-state index is 12.4. The van der Waals surface area contributed by atoms with Crippen LogP contribution in [0.15, 0.2) is 11.6 Å². The Morgan fingerprint density at radius 3 is 2.43 bits per heavy atom. The first-order valence-electron chi connectivity index (χ1n) is 5.94. The zero-order valence-electron chi connectivity index (χ0n) is 10.8. The van der Waals surface area contributed by atoms with Crippen LogP contribution >= 0.6 is 0 Å². The maximum Gasteiger partial charge on any atom is 0.412 e. The third kappa shape index (κ3) is 4.97. The summed E-state index contributed by atoms with van der Waals surface area (Å²) >= 11 is 0. The van der Waals surface area contributed by atoms with E-state index in [9.17, 15) is 27.6 Å². The van der Waals surface area contributed by atoms with E-state index < -0.39 is 42.1 Å². The van der Waals surface area contributed by atoms with Crippen molar-refractivity contribution in [3.8, 4) is 0 Å². The maximum absolute atomic E-state index is 12.4. The van der Waals surface area contributed by atoms with Gasteiger partial charge in [-0.05, 0) is 6.42 Å². The Kier molecular flexibility index (Phi) is 5.17. The Balaban J connectivity index is 2.63. The molecule has 118 valence electrons. The van der Waals surface area contributed by atoms with Crippen molar-refractivity contribution in [3.05, 3.63) is 11.6 Å². The lowest BCUT2D eigenvalue weighted by atomic mass is 10.1. The summed E-state index contributed by atoms with van der Waals surface area (Å²) in [5.41, 5.74) is 4.13. The molecule has 0 aromatic heterocycles. The number of halogens is 3. The molecule has 1 heterocycles. The first-order valence-corrected chi connectivity index (χ1v) is 5.94. The predicted octanol–water partition coefficient (Wildman–Crippen LogP) is 0.219. The number of carboxylic acids is 1. The van der Waals surface area contributed by atoms with Gasteiger partial charge in [0.2, 0.25) is 5.91 Å². The Hall–Kier alpha value is -2.26. The zero-order chi connectivity index (χ0) is 16.2. The first kappa shape index (κ1) is 16.8. The molecule has 1 rings (SSSR count). The Bertz CT molecular complexity index is 476. The molecule has 0 aromatic rings. The molecule has 21 heavy (non-hydrogen) atoms. The number of aliphatic carboxylic acids is 1. The minimum atomic E-state index is -4.43. The summed E-state index contributed by atoms with van der Waals surface area (Å²) < 4.78 is 37.2. The first-order chi connectivity index (χ1) is 9.61. The number of nitrogens with two attached hydrogens (primary N) is 1. The number of carboxylic acid groups (broad SMARTS) is 1. The van der Waals surface area contributed by atoms with Gasteiger partial charge in [0.25, 0.3) is 0 Å². The van der Waals surface area contributed by atoms with Gasteiger partial charge in [0, 0.05) is 18.7 Å². The summed E-state index contributed by atoms with van der Waals surface area (Å²) in [4.78, 5) is 34.3. The molecule has 4 N–H and O–H groups in total. The van der Waals surface area contributed by atoms with Crippen LogP contribution in [0.3, 0.4) is 0 Å². The van der Waals surface area contributed by atoms with Gasteiger partial charge in [-0.25, -0.2) is 9.59 Å². The molecule has 0 saturated heterocycles. The van der Waals surface area contributed by atoms with Crippen molar-refractivity contribution < 1.29 is 32.7 Å². The van der Waals surface area contributed by atoms with Crippen molar-refractivity contribution in [2.75, 3.05) is 13.1 Å². The van der Waals surface area contributed by atoms with Crippen molar-refractivity contribution in [1.82, 2.24) is 10.2 Å². The van der Waals surface area contributed by atoms with Gasteiger partial charge in [-0.2, -0.15) is 13.2 Å². The number of nitrogens with one attached hydrogen (secondary N) is 1. The second kappa shape index (κ2) is 6.46. The van der Waals surface area contributed by atoms with E-state index in [0.717, 1.165) is 11.0 Å². The third-order valence-electron chi connectivity index (χ3n) is 2.86. The van der Waals surface area contributed by atoms with Gasteiger partial charge in [0.05, 0.1) is 6.42 Å². The molecule has 0 unspecified atom stereocenters. The molecule has 0 saturated carbocycles. The van der Waals surface area contributed by atoms with Crippen LogP contribution in [0.2, 0.25) is 0 Å². The molecular formula is C11H14F3N3O4. The van der Waals surface area contributed by atoms with E-state index in [2.05, 4.69) is 0 Å².